The summed E-state index contributed by atoms with van der Waals surface area (Å²) < 4.78 is 13.5. The van der Waals surface area contributed by atoms with E-state index in [2.05, 4.69) is 33.0 Å². The predicted molar refractivity (Wildman–Crippen MR) is 81.5 cm³/mol. The van der Waals surface area contributed by atoms with Gasteiger partial charge in [-0.3, -0.25) is 9.69 Å². The van der Waals surface area contributed by atoms with Gasteiger partial charge in [-0.2, -0.15) is 0 Å². The van der Waals surface area contributed by atoms with Gasteiger partial charge < -0.3 is 5.32 Å². The van der Waals surface area contributed by atoms with Crippen LogP contribution in [0.15, 0.2) is 0 Å². The number of hydrogen-bond donors (Lipinski definition) is 1. The maximum Gasteiger partial charge on any atom is 0.237 e. The highest BCUT2D eigenvalue weighted by molar-refractivity contribution is 5.83. The fourth-order valence-electron chi connectivity index (χ4n) is 3.44. The summed E-state index contributed by atoms with van der Waals surface area (Å²) in [7, 11) is 1.83. The third-order valence-electron chi connectivity index (χ3n) is 4.67. The Morgan fingerprint density at radius 1 is 1.35 bits per heavy atom. The molecule has 3 nitrogen and oxygen atoms in total. The Labute approximate surface area is 123 Å². The molecule has 1 heterocycles. The van der Waals surface area contributed by atoms with E-state index in [0.29, 0.717) is 18.9 Å². The third kappa shape index (κ3) is 3.94. The fraction of sp³-hybridized carbons (Fsp3) is 0.938. The first kappa shape index (κ1) is 17.4. The van der Waals surface area contributed by atoms with Crippen molar-refractivity contribution in [2.75, 3.05) is 13.6 Å². The van der Waals surface area contributed by atoms with Crippen molar-refractivity contribution in [3.8, 4) is 0 Å². The van der Waals surface area contributed by atoms with E-state index >= 15 is 0 Å². The maximum atomic E-state index is 13.5. The molecule has 1 aliphatic rings. The van der Waals surface area contributed by atoms with Crippen LogP contribution in [-0.4, -0.2) is 42.2 Å². The van der Waals surface area contributed by atoms with Crippen molar-refractivity contribution in [2.45, 2.75) is 77.6 Å². The molecule has 1 amide bonds. The van der Waals surface area contributed by atoms with E-state index in [-0.39, 0.29) is 17.5 Å². The zero-order chi connectivity index (χ0) is 15.3. The van der Waals surface area contributed by atoms with Crippen molar-refractivity contribution >= 4 is 5.91 Å². The lowest BCUT2D eigenvalue weighted by Crippen LogP contribution is -2.56. The average molecular weight is 286 g/mol. The van der Waals surface area contributed by atoms with Crippen LogP contribution < -0.4 is 5.32 Å². The molecule has 0 saturated carbocycles. The van der Waals surface area contributed by atoms with Crippen molar-refractivity contribution in [3.63, 3.8) is 0 Å². The summed E-state index contributed by atoms with van der Waals surface area (Å²) in [5.41, 5.74) is -0.143. The Morgan fingerprint density at radius 3 is 2.25 bits per heavy atom. The smallest absolute Gasteiger partial charge is 0.237 e. The van der Waals surface area contributed by atoms with Crippen LogP contribution in [0.4, 0.5) is 4.39 Å². The summed E-state index contributed by atoms with van der Waals surface area (Å²) in [5, 5.41) is 3.28. The van der Waals surface area contributed by atoms with Gasteiger partial charge in [-0.1, -0.05) is 40.5 Å². The standard InChI is InChI=1S/C16H31FN2O/c1-6-8-16(9-7-2,12(3)4)18-15(20)14-10-13(17)11-19(14)5/h12-14H,6-11H2,1-5H3,(H,18,20)/t13-,14-/m0/s1. The molecule has 0 aliphatic carbocycles. The Morgan fingerprint density at radius 2 is 1.90 bits per heavy atom. The molecular formula is C16H31FN2O. The third-order valence-corrected chi connectivity index (χ3v) is 4.67. The molecule has 2 atom stereocenters. The topological polar surface area (TPSA) is 32.3 Å². The molecule has 118 valence electrons. The Hall–Kier alpha value is -0.640. The number of likely N-dealkylation sites (N-methyl/N-ethyl adjacent to an activating group) is 1. The number of hydrogen-bond acceptors (Lipinski definition) is 2. The van der Waals surface area contributed by atoms with Gasteiger partial charge in [0.25, 0.3) is 0 Å². The second-order valence-electron chi connectivity index (χ2n) is 6.59. The lowest BCUT2D eigenvalue weighted by atomic mass is 9.78. The molecule has 4 heteroatoms. The SMILES string of the molecule is CCCC(CCC)(NC(=O)[C@@H]1C[C@H](F)CN1C)C(C)C. The van der Waals surface area contributed by atoms with E-state index in [4.69, 9.17) is 0 Å². The van der Waals surface area contributed by atoms with Gasteiger partial charge in [0.05, 0.1) is 6.04 Å². The minimum atomic E-state index is -0.874. The zero-order valence-corrected chi connectivity index (χ0v) is 13.7. The van der Waals surface area contributed by atoms with Gasteiger partial charge in [0.1, 0.15) is 6.17 Å². The molecule has 0 spiro atoms. The summed E-state index contributed by atoms with van der Waals surface area (Å²) in [4.78, 5) is 14.4. The molecule has 0 radical (unpaired) electrons. The highest BCUT2D eigenvalue weighted by Crippen LogP contribution is 2.29. The van der Waals surface area contributed by atoms with Crippen molar-refractivity contribution in [2.24, 2.45) is 5.92 Å². The molecule has 1 aliphatic heterocycles. The number of halogens is 1. The van der Waals surface area contributed by atoms with Crippen LogP contribution >= 0.6 is 0 Å². The van der Waals surface area contributed by atoms with Crippen LogP contribution in [0.5, 0.6) is 0 Å². The molecule has 0 unspecified atom stereocenters. The number of amides is 1. The van der Waals surface area contributed by atoms with Crippen molar-refractivity contribution in [3.05, 3.63) is 0 Å². The monoisotopic (exact) mass is 286 g/mol. The number of carbonyl (C=O) groups is 1. The van der Waals surface area contributed by atoms with Crippen LogP contribution in [0.25, 0.3) is 0 Å². The van der Waals surface area contributed by atoms with Gasteiger partial charge in [0.15, 0.2) is 0 Å². The van der Waals surface area contributed by atoms with E-state index < -0.39 is 6.17 Å². The lowest BCUT2D eigenvalue weighted by Gasteiger charge is -2.40. The quantitative estimate of drug-likeness (QED) is 0.780. The first-order valence-corrected chi connectivity index (χ1v) is 8.02. The number of nitrogens with zero attached hydrogens (tertiary/aromatic N) is 1. The lowest BCUT2D eigenvalue weighted by molar-refractivity contribution is -0.128. The first-order chi connectivity index (χ1) is 9.36. The van der Waals surface area contributed by atoms with Crippen molar-refractivity contribution < 1.29 is 9.18 Å². The van der Waals surface area contributed by atoms with Gasteiger partial charge >= 0.3 is 0 Å². The second kappa shape index (κ2) is 7.39. The van der Waals surface area contributed by atoms with Crippen LogP contribution in [0.1, 0.15) is 59.8 Å². The highest BCUT2D eigenvalue weighted by Gasteiger charge is 2.39. The van der Waals surface area contributed by atoms with Gasteiger partial charge in [-0.15, -0.1) is 0 Å². The van der Waals surface area contributed by atoms with E-state index in [1.54, 1.807) is 0 Å². The molecule has 0 aromatic heterocycles. The Balaban J connectivity index is 2.80. The summed E-state index contributed by atoms with van der Waals surface area (Å²) in [6, 6.07) is -0.308. The second-order valence-corrected chi connectivity index (χ2v) is 6.59. The zero-order valence-electron chi connectivity index (χ0n) is 13.7. The number of carbonyl (C=O) groups excluding carboxylic acids is 1. The van der Waals surface area contributed by atoms with Gasteiger partial charge in [-0.25, -0.2) is 4.39 Å². The molecule has 20 heavy (non-hydrogen) atoms. The van der Waals surface area contributed by atoms with Crippen LogP contribution in [-0.2, 0) is 4.79 Å². The largest absolute Gasteiger partial charge is 0.349 e. The van der Waals surface area contributed by atoms with Gasteiger partial charge in [0, 0.05) is 18.5 Å². The molecule has 1 N–H and O–H groups in total. The minimum absolute atomic E-state index is 0.00301. The van der Waals surface area contributed by atoms with Gasteiger partial charge in [-0.05, 0) is 25.8 Å². The first-order valence-electron chi connectivity index (χ1n) is 8.02. The van der Waals surface area contributed by atoms with E-state index in [1.807, 2.05) is 11.9 Å². The highest BCUT2D eigenvalue weighted by atomic mass is 19.1. The molecule has 0 aromatic rings. The number of nitrogens with one attached hydrogen (secondary N) is 1. The maximum absolute atomic E-state index is 13.5. The summed E-state index contributed by atoms with van der Waals surface area (Å²) >= 11 is 0. The van der Waals surface area contributed by atoms with Gasteiger partial charge in [0.2, 0.25) is 5.91 Å². The molecule has 1 rings (SSSR count). The van der Waals surface area contributed by atoms with Crippen molar-refractivity contribution in [1.82, 2.24) is 10.2 Å². The minimum Gasteiger partial charge on any atom is -0.349 e. The molecule has 1 fully saturated rings. The Bertz CT molecular complexity index is 314. The average Bonchev–Trinajstić information content (AvgIpc) is 2.68. The molecule has 0 bridgehead atoms. The van der Waals surface area contributed by atoms with Crippen LogP contribution in [0.3, 0.4) is 0 Å². The number of likely N-dealkylation sites (tertiary alicyclic amines) is 1. The predicted octanol–water partition coefficient (Wildman–Crippen LogP) is 3.14. The number of rotatable bonds is 7. The van der Waals surface area contributed by atoms with E-state index in [9.17, 15) is 9.18 Å². The molecule has 0 aromatic carbocycles. The molecular weight excluding hydrogens is 255 g/mol. The number of alkyl halides is 1. The molecule has 1 saturated heterocycles. The van der Waals surface area contributed by atoms with Crippen LogP contribution in [0.2, 0.25) is 0 Å². The van der Waals surface area contributed by atoms with Crippen LogP contribution in [0, 0.1) is 5.92 Å². The Kier molecular flexibility index (Phi) is 6.44. The normalized spacial score (nSPS) is 24.4. The summed E-state index contributed by atoms with van der Waals surface area (Å²) in [5.74, 6) is 0.391. The summed E-state index contributed by atoms with van der Waals surface area (Å²) in [6.07, 6.45) is 3.52. The van der Waals surface area contributed by atoms with E-state index in [0.717, 1.165) is 25.7 Å². The van der Waals surface area contributed by atoms with E-state index in [1.165, 1.54) is 0 Å². The summed E-state index contributed by atoms with van der Waals surface area (Å²) in [6.45, 7) is 9.01. The fourth-order valence-corrected chi connectivity index (χ4v) is 3.44. The van der Waals surface area contributed by atoms with Crippen molar-refractivity contribution in [1.29, 1.82) is 0 Å².